The lowest BCUT2D eigenvalue weighted by Crippen LogP contribution is -2.40. The van der Waals surface area contributed by atoms with Crippen molar-refractivity contribution in [2.24, 2.45) is 0 Å². The number of sulfone groups is 1. The van der Waals surface area contributed by atoms with E-state index in [9.17, 15) is 18.0 Å². The van der Waals surface area contributed by atoms with Gasteiger partial charge in [0.25, 0.3) is 5.91 Å². The van der Waals surface area contributed by atoms with Crippen molar-refractivity contribution in [1.29, 1.82) is 0 Å². The average molecular weight is 419 g/mol. The van der Waals surface area contributed by atoms with E-state index in [1.54, 1.807) is 13.1 Å². The van der Waals surface area contributed by atoms with Gasteiger partial charge in [-0.3, -0.25) is 4.79 Å². The number of fused-ring (bicyclic) bond motifs is 3. The fourth-order valence-corrected chi connectivity index (χ4v) is 6.08. The number of likely N-dealkylation sites (N-methyl/N-ethyl adjacent to an activating group) is 1. The fraction of sp³-hybridized carbons (Fsp3) is 0.524. The number of rotatable bonds is 4. The highest BCUT2D eigenvalue weighted by Crippen LogP contribution is 2.32. The van der Waals surface area contributed by atoms with E-state index in [0.29, 0.717) is 23.3 Å². The normalized spacial score (nSPS) is 20.4. The molecule has 1 aliphatic heterocycles. The third-order valence-corrected chi connectivity index (χ3v) is 7.84. The first-order valence-corrected chi connectivity index (χ1v) is 11.8. The fourth-order valence-electron chi connectivity index (χ4n) is 4.31. The van der Waals surface area contributed by atoms with Crippen molar-refractivity contribution in [2.45, 2.75) is 45.1 Å². The maximum atomic E-state index is 12.5. The first-order valence-electron chi connectivity index (χ1n) is 9.94. The van der Waals surface area contributed by atoms with E-state index in [1.807, 2.05) is 13.0 Å². The highest BCUT2D eigenvalue weighted by molar-refractivity contribution is 7.91. The third kappa shape index (κ3) is 3.77. The second-order valence-corrected chi connectivity index (χ2v) is 10.2. The Kier molecular flexibility index (Phi) is 5.14. The van der Waals surface area contributed by atoms with Gasteiger partial charge in [0.2, 0.25) is 0 Å². The molecule has 0 saturated carbocycles. The van der Waals surface area contributed by atoms with E-state index in [-0.39, 0.29) is 35.7 Å². The zero-order valence-corrected chi connectivity index (χ0v) is 17.5. The van der Waals surface area contributed by atoms with Crippen molar-refractivity contribution in [3.05, 3.63) is 39.2 Å². The molecule has 2 heterocycles. The number of nitrogens with zero attached hydrogens (tertiary/aromatic N) is 1. The van der Waals surface area contributed by atoms with E-state index in [2.05, 4.69) is 0 Å². The summed E-state index contributed by atoms with van der Waals surface area (Å²) in [5.74, 6) is 0.319. The molecule has 2 aromatic rings. The second kappa shape index (κ2) is 7.48. The van der Waals surface area contributed by atoms with Crippen LogP contribution in [0.1, 0.15) is 36.0 Å². The monoisotopic (exact) mass is 419 g/mol. The van der Waals surface area contributed by atoms with Gasteiger partial charge in [-0.15, -0.1) is 0 Å². The lowest BCUT2D eigenvalue weighted by Gasteiger charge is -2.23. The summed E-state index contributed by atoms with van der Waals surface area (Å²) in [5.41, 5.74) is 2.75. The van der Waals surface area contributed by atoms with Crippen LogP contribution in [0.5, 0.6) is 5.75 Å². The Bertz CT molecular complexity index is 1130. The number of amides is 1. The molecule has 7 nitrogen and oxygen atoms in total. The van der Waals surface area contributed by atoms with Gasteiger partial charge in [0.1, 0.15) is 11.3 Å². The second-order valence-electron chi connectivity index (χ2n) is 7.97. The highest BCUT2D eigenvalue weighted by Gasteiger charge is 2.32. The Morgan fingerprint density at radius 2 is 1.97 bits per heavy atom. The number of aryl methyl sites for hydroxylation is 2. The minimum absolute atomic E-state index is 0.000505. The van der Waals surface area contributed by atoms with Crippen molar-refractivity contribution in [1.82, 2.24) is 4.90 Å². The van der Waals surface area contributed by atoms with Gasteiger partial charge >= 0.3 is 5.63 Å². The molecule has 8 heteroatoms. The van der Waals surface area contributed by atoms with Gasteiger partial charge in [-0.2, -0.15) is 0 Å². The van der Waals surface area contributed by atoms with Crippen LogP contribution in [0.2, 0.25) is 0 Å². The lowest BCUT2D eigenvalue weighted by molar-refractivity contribution is -0.133. The van der Waals surface area contributed by atoms with E-state index < -0.39 is 9.84 Å². The number of ether oxygens (including phenoxy) is 1. The minimum atomic E-state index is -3.06. The molecule has 0 unspecified atom stereocenters. The van der Waals surface area contributed by atoms with E-state index >= 15 is 0 Å². The van der Waals surface area contributed by atoms with Crippen LogP contribution >= 0.6 is 0 Å². The first kappa shape index (κ1) is 19.9. The SMILES string of the molecule is Cc1c(OCC(=O)N(C)[C@@H]2CCS(=O)(=O)C2)ccc2c3c(c(=O)oc12)CCCC3. The molecule has 0 bridgehead atoms. The zero-order valence-electron chi connectivity index (χ0n) is 16.7. The van der Waals surface area contributed by atoms with Crippen molar-refractivity contribution in [2.75, 3.05) is 25.2 Å². The van der Waals surface area contributed by atoms with Gasteiger partial charge in [-0.05, 0) is 56.7 Å². The molecule has 29 heavy (non-hydrogen) atoms. The predicted octanol–water partition coefficient (Wildman–Crippen LogP) is 2.00. The van der Waals surface area contributed by atoms with Crippen molar-refractivity contribution < 1.29 is 22.4 Å². The summed E-state index contributed by atoms with van der Waals surface area (Å²) >= 11 is 0. The summed E-state index contributed by atoms with van der Waals surface area (Å²) in [5, 5.41) is 0.934. The molecule has 0 spiro atoms. The van der Waals surface area contributed by atoms with Crippen molar-refractivity contribution in [3.63, 3.8) is 0 Å². The summed E-state index contributed by atoms with van der Waals surface area (Å²) < 4.78 is 34.6. The van der Waals surface area contributed by atoms with Crippen LogP contribution in [0.4, 0.5) is 0 Å². The summed E-state index contributed by atoms with van der Waals surface area (Å²) in [6.07, 6.45) is 4.13. The number of benzene rings is 1. The van der Waals surface area contributed by atoms with Gasteiger partial charge < -0.3 is 14.1 Å². The Labute approximate surface area is 169 Å². The molecule has 0 radical (unpaired) electrons. The lowest BCUT2D eigenvalue weighted by atomic mass is 9.90. The molecule has 1 amide bonds. The summed E-state index contributed by atoms with van der Waals surface area (Å²) in [6, 6.07) is 3.39. The maximum Gasteiger partial charge on any atom is 0.339 e. The molecular weight excluding hydrogens is 394 g/mol. The van der Waals surface area contributed by atoms with Gasteiger partial charge in [-0.25, -0.2) is 13.2 Å². The minimum Gasteiger partial charge on any atom is -0.483 e. The molecule has 2 aliphatic rings. The van der Waals surface area contributed by atoms with Gasteiger partial charge in [0.05, 0.1) is 11.5 Å². The number of carbonyl (C=O) groups excluding carboxylic acids is 1. The summed E-state index contributed by atoms with van der Waals surface area (Å²) in [6.45, 7) is 1.61. The Morgan fingerprint density at radius 1 is 1.24 bits per heavy atom. The average Bonchev–Trinajstić information content (AvgIpc) is 3.07. The summed E-state index contributed by atoms with van der Waals surface area (Å²) in [4.78, 5) is 26.3. The van der Waals surface area contributed by atoms with E-state index in [1.165, 1.54) is 4.90 Å². The third-order valence-electron chi connectivity index (χ3n) is 6.09. The van der Waals surface area contributed by atoms with Crippen LogP contribution in [0.3, 0.4) is 0 Å². The first-order chi connectivity index (χ1) is 13.8. The number of hydrogen-bond donors (Lipinski definition) is 0. The van der Waals surface area contributed by atoms with Crippen molar-refractivity contribution in [3.8, 4) is 5.75 Å². The Hall–Kier alpha value is -2.35. The number of carbonyl (C=O) groups is 1. The van der Waals surface area contributed by atoms with Gasteiger partial charge in [-0.1, -0.05) is 0 Å². The molecule has 1 fully saturated rings. The Balaban J connectivity index is 1.53. The van der Waals surface area contributed by atoms with Crippen molar-refractivity contribution >= 4 is 26.7 Å². The standard InChI is InChI=1S/C21H25NO6S/c1-13-18(27-11-19(23)22(2)14-9-10-29(25,26)12-14)8-7-16-15-5-3-4-6-17(15)21(24)28-20(13)16/h7-8,14H,3-6,9-12H2,1-2H3/t14-/m1/s1. The van der Waals surface area contributed by atoms with Gasteiger partial charge in [0, 0.05) is 29.6 Å². The molecule has 1 atom stereocenters. The molecule has 1 aliphatic carbocycles. The number of hydrogen-bond acceptors (Lipinski definition) is 6. The topological polar surface area (TPSA) is 93.9 Å². The van der Waals surface area contributed by atoms with Crippen LogP contribution in [0.25, 0.3) is 11.0 Å². The highest BCUT2D eigenvalue weighted by atomic mass is 32.2. The zero-order chi connectivity index (χ0) is 20.8. The molecule has 0 N–H and O–H groups in total. The van der Waals surface area contributed by atoms with Crippen LogP contribution < -0.4 is 10.4 Å². The largest absolute Gasteiger partial charge is 0.483 e. The molecule has 1 aromatic heterocycles. The molecular formula is C21H25NO6S. The molecule has 156 valence electrons. The van der Waals surface area contributed by atoms with Crippen LogP contribution in [-0.4, -0.2) is 50.4 Å². The maximum absolute atomic E-state index is 12.5. The molecule has 1 aromatic carbocycles. The van der Waals surface area contributed by atoms with Crippen LogP contribution in [0.15, 0.2) is 21.3 Å². The Morgan fingerprint density at radius 3 is 2.66 bits per heavy atom. The molecule has 4 rings (SSSR count). The molecule has 1 saturated heterocycles. The van der Waals surface area contributed by atoms with Gasteiger partial charge in [0.15, 0.2) is 16.4 Å². The van der Waals surface area contributed by atoms with E-state index in [4.69, 9.17) is 9.15 Å². The van der Waals surface area contributed by atoms with E-state index in [0.717, 1.165) is 42.2 Å². The predicted molar refractivity (Wildman–Crippen MR) is 109 cm³/mol. The smallest absolute Gasteiger partial charge is 0.339 e. The van der Waals surface area contributed by atoms with Crippen LogP contribution in [0, 0.1) is 6.92 Å². The quantitative estimate of drug-likeness (QED) is 0.704. The van der Waals surface area contributed by atoms with Crippen LogP contribution in [-0.2, 0) is 27.5 Å². The summed E-state index contributed by atoms with van der Waals surface area (Å²) in [7, 11) is -1.45.